The van der Waals surface area contributed by atoms with Crippen LogP contribution in [0.25, 0.3) is 0 Å². The Bertz CT molecular complexity index is 532. The molecular formula is C14H15ClFNOS. The van der Waals surface area contributed by atoms with E-state index >= 15 is 0 Å². The van der Waals surface area contributed by atoms with E-state index < -0.39 is 5.82 Å². The Labute approximate surface area is 121 Å². The Morgan fingerprint density at radius 3 is 2.79 bits per heavy atom. The highest BCUT2D eigenvalue weighted by atomic mass is 35.5. The normalized spacial score (nSPS) is 14.1. The lowest BCUT2D eigenvalue weighted by Gasteiger charge is -2.23. The summed E-state index contributed by atoms with van der Waals surface area (Å²) < 4.78 is 19.2. The first-order valence-corrected chi connectivity index (χ1v) is 7.28. The first-order valence-electron chi connectivity index (χ1n) is 6.02. The minimum Gasteiger partial charge on any atom is -0.483 e. The Hall–Kier alpha value is -1.10. The van der Waals surface area contributed by atoms with Gasteiger partial charge in [0.15, 0.2) is 0 Å². The molecule has 0 aliphatic rings. The maximum Gasteiger partial charge on any atom is 0.148 e. The van der Waals surface area contributed by atoms with Crippen molar-refractivity contribution in [1.82, 2.24) is 0 Å². The van der Waals surface area contributed by atoms with Crippen molar-refractivity contribution < 1.29 is 9.13 Å². The van der Waals surface area contributed by atoms with Gasteiger partial charge in [0, 0.05) is 17.0 Å². The van der Waals surface area contributed by atoms with Gasteiger partial charge in [0.1, 0.15) is 17.7 Å². The molecule has 0 fully saturated rings. The van der Waals surface area contributed by atoms with Crippen molar-refractivity contribution in [2.75, 3.05) is 0 Å². The molecule has 0 radical (unpaired) electrons. The van der Waals surface area contributed by atoms with E-state index in [4.69, 9.17) is 22.1 Å². The third-order valence-corrected chi connectivity index (χ3v) is 4.08. The molecule has 0 spiro atoms. The van der Waals surface area contributed by atoms with Gasteiger partial charge < -0.3 is 10.5 Å². The maximum absolute atomic E-state index is 13.4. The predicted octanol–water partition coefficient (Wildman–Crippen LogP) is 4.40. The van der Waals surface area contributed by atoms with Crippen LogP contribution >= 0.6 is 22.9 Å². The van der Waals surface area contributed by atoms with E-state index in [0.29, 0.717) is 5.75 Å². The van der Waals surface area contributed by atoms with Gasteiger partial charge in [-0.1, -0.05) is 24.6 Å². The van der Waals surface area contributed by atoms with Gasteiger partial charge in [-0.2, -0.15) is 0 Å². The van der Waals surface area contributed by atoms with Crippen molar-refractivity contribution in [3.05, 3.63) is 51.4 Å². The van der Waals surface area contributed by atoms with E-state index in [1.165, 1.54) is 12.1 Å². The quantitative estimate of drug-likeness (QED) is 0.888. The van der Waals surface area contributed by atoms with Crippen molar-refractivity contribution >= 4 is 22.9 Å². The molecule has 0 amide bonds. The molecule has 0 aliphatic carbocycles. The second kappa shape index (κ2) is 6.37. The van der Waals surface area contributed by atoms with Crippen LogP contribution in [0.2, 0.25) is 5.02 Å². The molecule has 19 heavy (non-hydrogen) atoms. The molecule has 1 heterocycles. The lowest BCUT2D eigenvalue weighted by Crippen LogP contribution is -2.30. The predicted molar refractivity (Wildman–Crippen MR) is 77.4 cm³/mol. The van der Waals surface area contributed by atoms with Crippen LogP contribution in [-0.2, 0) is 0 Å². The molecule has 0 saturated heterocycles. The fourth-order valence-corrected chi connectivity index (χ4v) is 2.67. The third kappa shape index (κ3) is 3.47. The van der Waals surface area contributed by atoms with Crippen LogP contribution in [0.3, 0.4) is 0 Å². The molecule has 2 aromatic rings. The SMILES string of the molecule is CCC(N)C(Oc1ccc(Cl)c(F)c1)c1cccs1. The number of hydrogen-bond acceptors (Lipinski definition) is 3. The highest BCUT2D eigenvalue weighted by Crippen LogP contribution is 2.30. The number of halogens is 2. The summed E-state index contributed by atoms with van der Waals surface area (Å²) in [6, 6.07) is 8.19. The van der Waals surface area contributed by atoms with Gasteiger partial charge in [-0.05, 0) is 30.0 Å². The Kier molecular flexibility index (Phi) is 4.80. The molecule has 0 saturated carbocycles. The summed E-state index contributed by atoms with van der Waals surface area (Å²) in [4.78, 5) is 1.03. The lowest BCUT2D eigenvalue weighted by atomic mass is 10.1. The van der Waals surface area contributed by atoms with Gasteiger partial charge >= 0.3 is 0 Å². The third-order valence-electron chi connectivity index (χ3n) is 2.84. The number of benzene rings is 1. The van der Waals surface area contributed by atoms with E-state index in [2.05, 4.69) is 0 Å². The molecule has 0 bridgehead atoms. The van der Waals surface area contributed by atoms with Gasteiger partial charge in [-0.25, -0.2) is 4.39 Å². The summed E-state index contributed by atoms with van der Waals surface area (Å²) in [5.41, 5.74) is 6.09. The van der Waals surface area contributed by atoms with E-state index in [-0.39, 0.29) is 17.2 Å². The van der Waals surface area contributed by atoms with Crippen molar-refractivity contribution in [2.45, 2.75) is 25.5 Å². The van der Waals surface area contributed by atoms with E-state index in [0.717, 1.165) is 11.3 Å². The first kappa shape index (κ1) is 14.3. The van der Waals surface area contributed by atoms with Gasteiger partial charge in [0.05, 0.1) is 5.02 Å². The minimum atomic E-state index is -0.492. The van der Waals surface area contributed by atoms with Crippen molar-refractivity contribution in [1.29, 1.82) is 0 Å². The van der Waals surface area contributed by atoms with Crippen molar-refractivity contribution in [3.63, 3.8) is 0 Å². The van der Waals surface area contributed by atoms with E-state index in [9.17, 15) is 4.39 Å². The zero-order chi connectivity index (χ0) is 13.8. The number of thiophene rings is 1. The van der Waals surface area contributed by atoms with Crippen LogP contribution in [-0.4, -0.2) is 6.04 Å². The molecule has 2 nitrogen and oxygen atoms in total. The minimum absolute atomic E-state index is 0.0832. The Balaban J connectivity index is 2.23. The topological polar surface area (TPSA) is 35.2 Å². The zero-order valence-electron chi connectivity index (χ0n) is 10.5. The number of rotatable bonds is 5. The standard InChI is InChI=1S/C14H15ClFNOS/c1-2-12(17)14(13-4-3-7-19-13)18-9-5-6-10(15)11(16)8-9/h3-8,12,14H,2,17H2,1H3. The Morgan fingerprint density at radius 2 is 2.21 bits per heavy atom. The average Bonchev–Trinajstić information content (AvgIpc) is 2.93. The molecule has 102 valence electrons. The Morgan fingerprint density at radius 1 is 1.42 bits per heavy atom. The number of nitrogens with two attached hydrogens (primary N) is 1. The highest BCUT2D eigenvalue weighted by molar-refractivity contribution is 7.10. The van der Waals surface area contributed by atoms with Crippen molar-refractivity contribution in [3.8, 4) is 5.75 Å². The molecule has 2 N–H and O–H groups in total. The molecule has 2 atom stereocenters. The van der Waals surface area contributed by atoms with Crippen LogP contribution < -0.4 is 10.5 Å². The summed E-state index contributed by atoms with van der Waals surface area (Å²) in [6.07, 6.45) is 0.504. The van der Waals surface area contributed by atoms with Gasteiger partial charge in [0.2, 0.25) is 0 Å². The summed E-state index contributed by atoms with van der Waals surface area (Å²) in [7, 11) is 0. The van der Waals surface area contributed by atoms with Gasteiger partial charge in [0.25, 0.3) is 0 Å². The summed E-state index contributed by atoms with van der Waals surface area (Å²) in [5.74, 6) is -0.0571. The monoisotopic (exact) mass is 299 g/mol. The molecule has 1 aromatic carbocycles. The second-order valence-electron chi connectivity index (χ2n) is 4.20. The fraction of sp³-hybridized carbons (Fsp3) is 0.286. The first-order chi connectivity index (χ1) is 9.11. The molecule has 0 aliphatic heterocycles. The summed E-state index contributed by atoms with van der Waals surface area (Å²) in [5, 5.41) is 2.05. The van der Waals surface area contributed by atoms with Crippen LogP contribution in [0.15, 0.2) is 35.7 Å². The molecular weight excluding hydrogens is 285 g/mol. The van der Waals surface area contributed by atoms with E-state index in [1.54, 1.807) is 17.4 Å². The molecule has 2 unspecified atom stereocenters. The number of hydrogen-bond donors (Lipinski definition) is 1. The maximum atomic E-state index is 13.4. The molecule has 1 aromatic heterocycles. The highest BCUT2D eigenvalue weighted by Gasteiger charge is 2.21. The second-order valence-corrected chi connectivity index (χ2v) is 5.59. The zero-order valence-corrected chi connectivity index (χ0v) is 12.0. The largest absolute Gasteiger partial charge is 0.483 e. The summed E-state index contributed by atoms with van der Waals surface area (Å²) in [6.45, 7) is 2.00. The smallest absolute Gasteiger partial charge is 0.148 e. The average molecular weight is 300 g/mol. The van der Waals surface area contributed by atoms with Gasteiger partial charge in [-0.3, -0.25) is 0 Å². The van der Waals surface area contributed by atoms with Gasteiger partial charge in [-0.15, -0.1) is 11.3 Å². The van der Waals surface area contributed by atoms with Crippen LogP contribution in [0.5, 0.6) is 5.75 Å². The van der Waals surface area contributed by atoms with Crippen molar-refractivity contribution in [2.24, 2.45) is 5.73 Å². The summed E-state index contributed by atoms with van der Waals surface area (Å²) >= 11 is 7.23. The molecule has 2 rings (SSSR count). The van der Waals surface area contributed by atoms with Crippen LogP contribution in [0, 0.1) is 5.82 Å². The van der Waals surface area contributed by atoms with E-state index in [1.807, 2.05) is 24.4 Å². The van der Waals surface area contributed by atoms with Crippen LogP contribution in [0.4, 0.5) is 4.39 Å². The molecule has 5 heteroatoms. The van der Waals surface area contributed by atoms with Crippen LogP contribution in [0.1, 0.15) is 24.3 Å². The lowest BCUT2D eigenvalue weighted by molar-refractivity contribution is 0.174. The number of ether oxygens (including phenoxy) is 1. The fourth-order valence-electron chi connectivity index (χ4n) is 1.72.